The number of rotatable bonds is 10. The van der Waals surface area contributed by atoms with Gasteiger partial charge in [-0.1, -0.05) is 66.7 Å². The molecule has 1 fully saturated rings. The van der Waals surface area contributed by atoms with Gasteiger partial charge < -0.3 is 29.4 Å². The zero-order valence-electron chi connectivity index (χ0n) is 25.8. The molecule has 0 aliphatic carbocycles. The standard InChI is InChI=1S/C37H40N2O6/c1-42-34-18-30-16-17-39(22-31(30)19-35(34)43-2)23-32-20-33(27-12-10-26(24-40)11-13-27)45-37(44-32)29-14-8-25(9-15-29)21-38-36(41)28-6-4-3-5-7-28/h3-15,18-19,32-33,37,40H,16-17,20-24H2,1-2H3,(H,38,41)/t32-,33+,37+/m1/s1. The van der Waals surface area contributed by atoms with E-state index in [1.165, 1.54) is 11.1 Å². The van der Waals surface area contributed by atoms with Gasteiger partial charge in [-0.2, -0.15) is 0 Å². The second-order valence-corrected chi connectivity index (χ2v) is 11.6. The molecule has 0 radical (unpaired) electrons. The predicted octanol–water partition coefficient (Wildman–Crippen LogP) is 5.73. The van der Waals surface area contributed by atoms with Crippen molar-refractivity contribution in [3.63, 3.8) is 0 Å². The van der Waals surface area contributed by atoms with Crippen LogP contribution in [0.5, 0.6) is 11.5 Å². The minimum absolute atomic E-state index is 0.00537. The molecule has 6 rings (SSSR count). The fourth-order valence-electron chi connectivity index (χ4n) is 6.08. The Labute approximate surface area is 264 Å². The Hall–Kier alpha value is -4.21. The van der Waals surface area contributed by atoms with E-state index in [4.69, 9.17) is 18.9 Å². The first-order valence-electron chi connectivity index (χ1n) is 15.4. The zero-order chi connectivity index (χ0) is 31.2. The largest absolute Gasteiger partial charge is 0.493 e. The van der Waals surface area contributed by atoms with Crippen LogP contribution in [0.1, 0.15) is 62.6 Å². The van der Waals surface area contributed by atoms with Gasteiger partial charge in [0.15, 0.2) is 17.8 Å². The van der Waals surface area contributed by atoms with Crippen molar-refractivity contribution in [2.24, 2.45) is 0 Å². The monoisotopic (exact) mass is 608 g/mol. The Morgan fingerprint density at radius 2 is 1.53 bits per heavy atom. The number of aliphatic hydroxyl groups excluding tert-OH is 1. The number of amides is 1. The second-order valence-electron chi connectivity index (χ2n) is 11.6. The number of methoxy groups -OCH3 is 2. The van der Waals surface area contributed by atoms with Crippen LogP contribution in [0.15, 0.2) is 91.0 Å². The molecule has 4 aromatic rings. The Morgan fingerprint density at radius 3 is 2.22 bits per heavy atom. The van der Waals surface area contributed by atoms with Crippen LogP contribution in [0, 0.1) is 0 Å². The zero-order valence-corrected chi connectivity index (χ0v) is 25.8. The number of benzene rings is 4. The van der Waals surface area contributed by atoms with Gasteiger partial charge in [0.1, 0.15) is 0 Å². The predicted molar refractivity (Wildman–Crippen MR) is 171 cm³/mol. The van der Waals surface area contributed by atoms with Crippen LogP contribution in [-0.4, -0.2) is 49.3 Å². The smallest absolute Gasteiger partial charge is 0.251 e. The highest BCUT2D eigenvalue weighted by Crippen LogP contribution is 2.39. The molecule has 0 bridgehead atoms. The highest BCUT2D eigenvalue weighted by atomic mass is 16.7. The van der Waals surface area contributed by atoms with Crippen LogP contribution in [0.3, 0.4) is 0 Å². The highest BCUT2D eigenvalue weighted by Gasteiger charge is 2.34. The van der Waals surface area contributed by atoms with E-state index in [0.29, 0.717) is 18.5 Å². The number of carbonyl (C=O) groups excluding carboxylic acids is 1. The summed E-state index contributed by atoms with van der Waals surface area (Å²) >= 11 is 0. The molecule has 45 heavy (non-hydrogen) atoms. The van der Waals surface area contributed by atoms with E-state index in [0.717, 1.165) is 59.8 Å². The Kier molecular flexibility index (Phi) is 9.76. The van der Waals surface area contributed by atoms with Crippen molar-refractivity contribution < 1.29 is 28.8 Å². The lowest BCUT2D eigenvalue weighted by atomic mass is 9.97. The lowest BCUT2D eigenvalue weighted by Gasteiger charge is -2.39. The number of aliphatic hydroxyl groups is 1. The van der Waals surface area contributed by atoms with Crippen molar-refractivity contribution in [2.45, 2.75) is 51.0 Å². The number of nitrogens with zero attached hydrogens (tertiary/aromatic N) is 1. The minimum atomic E-state index is -0.541. The molecule has 8 nitrogen and oxygen atoms in total. The molecule has 0 unspecified atom stereocenters. The van der Waals surface area contributed by atoms with Crippen LogP contribution < -0.4 is 14.8 Å². The fraction of sp³-hybridized carbons (Fsp3) is 0.324. The summed E-state index contributed by atoms with van der Waals surface area (Å²) in [6, 6.07) is 29.4. The maximum Gasteiger partial charge on any atom is 0.251 e. The Balaban J connectivity index is 1.16. The molecule has 2 aliphatic rings. The van der Waals surface area contributed by atoms with E-state index in [2.05, 4.69) is 22.3 Å². The van der Waals surface area contributed by atoms with Gasteiger partial charge >= 0.3 is 0 Å². The van der Waals surface area contributed by atoms with Crippen LogP contribution in [0.4, 0.5) is 0 Å². The fourth-order valence-corrected chi connectivity index (χ4v) is 6.08. The molecule has 0 aromatic heterocycles. The molecule has 0 saturated carbocycles. The Bertz CT molecular complexity index is 1580. The van der Waals surface area contributed by atoms with E-state index in [1.807, 2.05) is 66.7 Å². The maximum absolute atomic E-state index is 12.5. The molecule has 8 heteroatoms. The average molecular weight is 609 g/mol. The number of nitrogens with one attached hydrogen (secondary N) is 1. The number of ether oxygens (including phenoxy) is 4. The molecule has 4 aromatic carbocycles. The minimum Gasteiger partial charge on any atom is -0.493 e. The first kappa shape index (κ1) is 30.8. The van der Waals surface area contributed by atoms with Gasteiger partial charge in [0.05, 0.1) is 33.0 Å². The number of carbonyl (C=O) groups is 1. The quantitative estimate of drug-likeness (QED) is 0.238. The molecular weight excluding hydrogens is 568 g/mol. The molecule has 1 saturated heterocycles. The Morgan fingerprint density at radius 1 is 0.867 bits per heavy atom. The van der Waals surface area contributed by atoms with E-state index in [-0.39, 0.29) is 24.7 Å². The topological polar surface area (TPSA) is 89.5 Å². The summed E-state index contributed by atoms with van der Waals surface area (Å²) < 4.78 is 24.3. The summed E-state index contributed by atoms with van der Waals surface area (Å²) in [4.78, 5) is 14.9. The lowest BCUT2D eigenvalue weighted by Crippen LogP contribution is -2.41. The summed E-state index contributed by atoms with van der Waals surface area (Å²) in [5.74, 6) is 1.41. The molecule has 2 heterocycles. The van der Waals surface area contributed by atoms with E-state index in [1.54, 1.807) is 26.4 Å². The van der Waals surface area contributed by atoms with Crippen LogP contribution in [-0.2, 0) is 35.6 Å². The second kappa shape index (κ2) is 14.3. The SMILES string of the molecule is COc1cc2c(cc1OC)CN(C[C@H]1C[C@@H](c3ccc(CO)cc3)O[C@@H](c3ccc(CNC(=O)c4ccccc4)cc3)O1)CC2. The van der Waals surface area contributed by atoms with Gasteiger partial charge in [0.2, 0.25) is 0 Å². The third-order valence-corrected chi connectivity index (χ3v) is 8.61. The summed E-state index contributed by atoms with van der Waals surface area (Å²) in [7, 11) is 3.34. The van der Waals surface area contributed by atoms with E-state index < -0.39 is 6.29 Å². The van der Waals surface area contributed by atoms with Crippen molar-refractivity contribution in [3.05, 3.63) is 130 Å². The van der Waals surface area contributed by atoms with Crippen LogP contribution in [0.2, 0.25) is 0 Å². The lowest BCUT2D eigenvalue weighted by molar-refractivity contribution is -0.253. The molecule has 234 valence electrons. The van der Waals surface area contributed by atoms with Gasteiger partial charge in [0, 0.05) is 43.7 Å². The summed E-state index contributed by atoms with van der Waals surface area (Å²) in [5.41, 5.74) is 7.02. The van der Waals surface area contributed by atoms with Gasteiger partial charge in [-0.25, -0.2) is 0 Å². The molecule has 0 spiro atoms. The van der Waals surface area contributed by atoms with Crippen molar-refractivity contribution in [2.75, 3.05) is 27.3 Å². The van der Waals surface area contributed by atoms with Crippen molar-refractivity contribution in [1.29, 1.82) is 0 Å². The molecular formula is C37H40N2O6. The number of hydrogen-bond acceptors (Lipinski definition) is 7. The van der Waals surface area contributed by atoms with Gasteiger partial charge in [0.25, 0.3) is 5.91 Å². The molecule has 3 atom stereocenters. The van der Waals surface area contributed by atoms with Crippen LogP contribution >= 0.6 is 0 Å². The maximum atomic E-state index is 12.5. The molecule has 2 N–H and O–H groups in total. The number of hydrogen-bond donors (Lipinski definition) is 2. The number of fused-ring (bicyclic) bond motifs is 1. The van der Waals surface area contributed by atoms with Gasteiger partial charge in [-0.05, 0) is 58.5 Å². The first-order chi connectivity index (χ1) is 22.0. The first-order valence-corrected chi connectivity index (χ1v) is 15.4. The summed E-state index contributed by atoms with van der Waals surface area (Å²) in [6.07, 6.45) is 0.885. The normalized spacial score (nSPS) is 19.8. The third kappa shape index (κ3) is 7.37. The van der Waals surface area contributed by atoms with Crippen molar-refractivity contribution in [1.82, 2.24) is 10.2 Å². The highest BCUT2D eigenvalue weighted by molar-refractivity contribution is 5.94. The molecule has 1 amide bonds. The van der Waals surface area contributed by atoms with Crippen molar-refractivity contribution >= 4 is 5.91 Å². The third-order valence-electron chi connectivity index (χ3n) is 8.61. The van der Waals surface area contributed by atoms with Gasteiger partial charge in [-0.15, -0.1) is 0 Å². The summed E-state index contributed by atoms with van der Waals surface area (Å²) in [6.45, 7) is 2.93. The van der Waals surface area contributed by atoms with Crippen LogP contribution in [0.25, 0.3) is 0 Å². The average Bonchev–Trinajstić information content (AvgIpc) is 3.10. The van der Waals surface area contributed by atoms with E-state index in [9.17, 15) is 9.90 Å². The van der Waals surface area contributed by atoms with E-state index >= 15 is 0 Å². The molecule has 2 aliphatic heterocycles. The van der Waals surface area contributed by atoms with Gasteiger partial charge in [-0.3, -0.25) is 9.69 Å². The van der Waals surface area contributed by atoms with Crippen molar-refractivity contribution in [3.8, 4) is 11.5 Å². The summed E-state index contributed by atoms with van der Waals surface area (Å²) in [5, 5.41) is 12.5.